The Morgan fingerprint density at radius 2 is 1.65 bits per heavy atom. The fraction of sp³-hybridized carbons (Fsp3) is 0.562. The van der Waals surface area contributed by atoms with E-state index in [2.05, 4.69) is 14.9 Å². The van der Waals surface area contributed by atoms with Gasteiger partial charge >= 0.3 is 12.1 Å². The van der Waals surface area contributed by atoms with Crippen molar-refractivity contribution in [1.29, 1.82) is 0 Å². The van der Waals surface area contributed by atoms with E-state index in [1.54, 1.807) is 24.4 Å². The first kappa shape index (κ1) is 15.6. The minimum absolute atomic E-state index is 0.244. The number of rotatable bonds is 2. The number of carbonyl (C=O) groups excluding carboxylic acids is 1. The van der Waals surface area contributed by atoms with Crippen LogP contribution in [0.15, 0.2) is 23.5 Å². The molecule has 0 N–H and O–H groups in total. The summed E-state index contributed by atoms with van der Waals surface area (Å²) in [5.41, 5.74) is 3.07. The zero-order chi connectivity index (χ0) is 16.6. The maximum absolute atomic E-state index is 12.1. The average Bonchev–Trinajstić information content (AvgIpc) is 3.04. The second-order valence-corrected chi connectivity index (χ2v) is 6.83. The van der Waals surface area contributed by atoms with Crippen molar-refractivity contribution in [3.8, 4) is 6.01 Å². The number of hydrogen-bond donors (Lipinski definition) is 0. The molecule has 124 valence electrons. The molecule has 1 aromatic rings. The molecule has 0 unspecified atom stereocenters. The fourth-order valence-corrected chi connectivity index (χ4v) is 2.80. The van der Waals surface area contributed by atoms with Crippen LogP contribution >= 0.6 is 0 Å². The van der Waals surface area contributed by atoms with E-state index >= 15 is 0 Å². The van der Waals surface area contributed by atoms with Crippen molar-refractivity contribution in [2.75, 3.05) is 38.2 Å². The van der Waals surface area contributed by atoms with Gasteiger partial charge in [-0.25, -0.2) is 14.8 Å². The van der Waals surface area contributed by atoms with Gasteiger partial charge in [0.1, 0.15) is 5.60 Å². The lowest BCUT2D eigenvalue weighted by molar-refractivity contribution is 0.0297. The summed E-state index contributed by atoms with van der Waals surface area (Å²) in [6, 6.07) is 0.365. The largest absolute Gasteiger partial charge is 0.467 e. The van der Waals surface area contributed by atoms with Gasteiger partial charge in [0.25, 0.3) is 0 Å². The van der Waals surface area contributed by atoms with Gasteiger partial charge in [0.05, 0.1) is 25.2 Å². The van der Waals surface area contributed by atoms with E-state index in [9.17, 15) is 4.79 Å². The minimum Gasteiger partial charge on any atom is -0.467 e. The summed E-state index contributed by atoms with van der Waals surface area (Å²) in [4.78, 5) is 24.4. The van der Waals surface area contributed by atoms with Gasteiger partial charge in [-0.3, -0.25) is 0 Å². The van der Waals surface area contributed by atoms with E-state index in [1.807, 2.05) is 20.8 Å². The Hall–Kier alpha value is -2.31. The van der Waals surface area contributed by atoms with Crippen LogP contribution in [0.4, 0.5) is 10.5 Å². The molecule has 0 saturated carbocycles. The standard InChI is InChI=1S/C16H22N4O3/c1-16(2,3)23-15(21)20-9-11-7-19(8-12(11)10-20)13-5-17-14(22-4)18-6-13/h5-6H,7-10H2,1-4H3. The van der Waals surface area contributed by atoms with E-state index in [4.69, 9.17) is 9.47 Å². The summed E-state index contributed by atoms with van der Waals surface area (Å²) in [6.45, 7) is 8.51. The number of anilines is 1. The highest BCUT2D eigenvalue weighted by Gasteiger charge is 2.34. The van der Waals surface area contributed by atoms with Crippen molar-refractivity contribution in [3.05, 3.63) is 23.5 Å². The van der Waals surface area contributed by atoms with Crippen molar-refractivity contribution in [3.63, 3.8) is 0 Å². The van der Waals surface area contributed by atoms with Crippen LogP contribution in [-0.4, -0.2) is 59.9 Å². The van der Waals surface area contributed by atoms with Gasteiger partial charge in [-0.1, -0.05) is 0 Å². The lowest BCUT2D eigenvalue weighted by Crippen LogP contribution is -2.38. The van der Waals surface area contributed by atoms with Crippen LogP contribution in [0, 0.1) is 0 Å². The van der Waals surface area contributed by atoms with Crippen LogP contribution in [0.5, 0.6) is 6.01 Å². The summed E-state index contributed by atoms with van der Waals surface area (Å²) < 4.78 is 10.4. The summed E-state index contributed by atoms with van der Waals surface area (Å²) in [7, 11) is 1.55. The third-order valence-corrected chi connectivity index (χ3v) is 3.84. The Kier molecular flexibility index (Phi) is 3.87. The molecule has 2 aliphatic rings. The van der Waals surface area contributed by atoms with E-state index in [1.165, 1.54) is 11.1 Å². The summed E-state index contributed by atoms with van der Waals surface area (Å²) in [5, 5.41) is 0. The quantitative estimate of drug-likeness (QED) is 0.775. The topological polar surface area (TPSA) is 67.8 Å². The molecule has 0 atom stereocenters. The van der Waals surface area contributed by atoms with E-state index in [-0.39, 0.29) is 6.09 Å². The number of ether oxygens (including phenoxy) is 2. The number of nitrogens with zero attached hydrogens (tertiary/aromatic N) is 4. The summed E-state index contributed by atoms with van der Waals surface area (Å²) >= 11 is 0. The van der Waals surface area contributed by atoms with E-state index < -0.39 is 5.60 Å². The fourth-order valence-electron chi connectivity index (χ4n) is 2.80. The van der Waals surface area contributed by atoms with E-state index in [0.717, 1.165) is 18.8 Å². The van der Waals surface area contributed by atoms with Crippen LogP contribution in [0.3, 0.4) is 0 Å². The normalized spacial score (nSPS) is 17.6. The Labute approximate surface area is 135 Å². The smallest absolute Gasteiger partial charge is 0.410 e. The Bertz CT molecular complexity index is 616. The molecule has 0 aliphatic carbocycles. The molecule has 0 radical (unpaired) electrons. The van der Waals surface area contributed by atoms with Gasteiger partial charge in [0.2, 0.25) is 0 Å². The molecular formula is C16H22N4O3. The monoisotopic (exact) mass is 318 g/mol. The maximum atomic E-state index is 12.1. The molecule has 3 heterocycles. The highest BCUT2D eigenvalue weighted by molar-refractivity contribution is 5.71. The molecule has 0 bridgehead atoms. The predicted octanol–water partition coefficient (Wildman–Crippen LogP) is 1.85. The van der Waals surface area contributed by atoms with Crippen molar-refractivity contribution in [1.82, 2.24) is 14.9 Å². The third kappa shape index (κ3) is 3.38. The number of amides is 1. The van der Waals surface area contributed by atoms with Gasteiger partial charge in [-0.15, -0.1) is 0 Å². The molecule has 0 spiro atoms. The zero-order valence-corrected chi connectivity index (χ0v) is 14.0. The first-order valence-electron chi connectivity index (χ1n) is 7.64. The SMILES string of the molecule is COc1ncc(N2CC3=C(CN(C(=O)OC(C)(C)C)C3)C2)cn1. The number of hydrogen-bond acceptors (Lipinski definition) is 6. The van der Waals surface area contributed by atoms with Crippen molar-refractivity contribution < 1.29 is 14.3 Å². The first-order valence-corrected chi connectivity index (χ1v) is 7.64. The Morgan fingerprint density at radius 3 is 2.13 bits per heavy atom. The number of carbonyl (C=O) groups is 1. The van der Waals surface area contributed by atoms with Crippen molar-refractivity contribution >= 4 is 11.8 Å². The predicted molar refractivity (Wildman–Crippen MR) is 85.6 cm³/mol. The molecule has 3 rings (SSSR count). The van der Waals surface area contributed by atoms with Crippen LogP contribution in [0.25, 0.3) is 0 Å². The van der Waals surface area contributed by atoms with Crippen LogP contribution in [-0.2, 0) is 4.74 Å². The van der Waals surface area contributed by atoms with Gasteiger partial charge < -0.3 is 19.3 Å². The summed E-state index contributed by atoms with van der Waals surface area (Å²) in [5.74, 6) is 0. The molecule has 2 aliphatic heterocycles. The molecule has 7 nitrogen and oxygen atoms in total. The zero-order valence-electron chi connectivity index (χ0n) is 14.0. The molecule has 0 fully saturated rings. The van der Waals surface area contributed by atoms with Crippen molar-refractivity contribution in [2.24, 2.45) is 0 Å². The van der Waals surface area contributed by atoms with Crippen LogP contribution < -0.4 is 9.64 Å². The highest BCUT2D eigenvalue weighted by atomic mass is 16.6. The third-order valence-electron chi connectivity index (χ3n) is 3.84. The van der Waals surface area contributed by atoms with Crippen LogP contribution in [0.1, 0.15) is 20.8 Å². The number of aromatic nitrogens is 2. The molecule has 23 heavy (non-hydrogen) atoms. The van der Waals surface area contributed by atoms with Gasteiger partial charge in [0.15, 0.2) is 0 Å². The van der Waals surface area contributed by atoms with Crippen LogP contribution in [0.2, 0.25) is 0 Å². The van der Waals surface area contributed by atoms with E-state index in [0.29, 0.717) is 19.1 Å². The van der Waals surface area contributed by atoms with Gasteiger partial charge in [-0.05, 0) is 31.9 Å². The van der Waals surface area contributed by atoms with Gasteiger partial charge in [-0.2, -0.15) is 0 Å². The van der Waals surface area contributed by atoms with Gasteiger partial charge in [0, 0.05) is 26.2 Å². The summed E-state index contributed by atoms with van der Waals surface area (Å²) in [6.07, 6.45) is 3.28. The molecule has 0 saturated heterocycles. The Morgan fingerprint density at radius 1 is 1.09 bits per heavy atom. The Balaban J connectivity index is 1.58. The highest BCUT2D eigenvalue weighted by Crippen LogP contribution is 2.29. The molecule has 7 heteroatoms. The maximum Gasteiger partial charge on any atom is 0.410 e. The molecule has 1 aromatic heterocycles. The second kappa shape index (κ2) is 5.72. The lowest BCUT2D eigenvalue weighted by atomic mass is 10.2. The average molecular weight is 318 g/mol. The molecule has 0 aromatic carbocycles. The first-order chi connectivity index (χ1) is 10.9. The van der Waals surface area contributed by atoms with Crippen molar-refractivity contribution in [2.45, 2.75) is 26.4 Å². The second-order valence-electron chi connectivity index (χ2n) is 6.83. The minimum atomic E-state index is -0.462. The number of methoxy groups -OCH3 is 1. The lowest BCUT2D eigenvalue weighted by Gasteiger charge is -2.27. The molecular weight excluding hydrogens is 296 g/mol. The molecule has 1 amide bonds.